The molecule has 3 aliphatic heterocycles. The van der Waals surface area contributed by atoms with E-state index in [-0.39, 0.29) is 17.9 Å². The maximum Gasteiger partial charge on any atom is 0.125 e. The summed E-state index contributed by atoms with van der Waals surface area (Å²) in [4.78, 5) is 0. The van der Waals surface area contributed by atoms with Gasteiger partial charge in [-0.1, -0.05) is 6.08 Å². The van der Waals surface area contributed by atoms with Gasteiger partial charge in [-0.3, -0.25) is 0 Å². The number of dihydropyridines is 1. The summed E-state index contributed by atoms with van der Waals surface area (Å²) in [6.45, 7) is 1.99. The number of nitrogens with one attached hydrogen (secondary N) is 1. The van der Waals surface area contributed by atoms with Gasteiger partial charge in [-0.05, 0) is 54.5 Å². The number of aliphatic hydroxyl groups is 1. The number of aliphatic hydroxyl groups excluding tert-OH is 1. The Morgan fingerprint density at radius 1 is 0.971 bits per heavy atom. The summed E-state index contributed by atoms with van der Waals surface area (Å²) in [6, 6.07) is 11.3. The molecule has 0 saturated heterocycles. The van der Waals surface area contributed by atoms with Gasteiger partial charge < -0.3 is 39.8 Å². The van der Waals surface area contributed by atoms with Gasteiger partial charge in [0, 0.05) is 29.5 Å². The van der Waals surface area contributed by atoms with Crippen LogP contribution in [-0.4, -0.2) is 45.7 Å². The molecule has 0 aliphatic carbocycles. The van der Waals surface area contributed by atoms with Gasteiger partial charge in [-0.2, -0.15) is 0 Å². The van der Waals surface area contributed by atoms with E-state index in [2.05, 4.69) is 11.4 Å². The van der Waals surface area contributed by atoms with Crippen LogP contribution in [-0.2, 0) is 4.74 Å². The van der Waals surface area contributed by atoms with E-state index >= 15 is 0 Å². The lowest BCUT2D eigenvalue weighted by atomic mass is 9.77. The first-order chi connectivity index (χ1) is 17.1. The lowest BCUT2D eigenvalue weighted by molar-refractivity contribution is -0.0832. The monoisotopic (exact) mass is 480 g/mol. The number of allylic oxidation sites excluding steroid dienone is 1. The highest BCUT2D eigenvalue weighted by Crippen LogP contribution is 2.48. The van der Waals surface area contributed by atoms with Crippen LogP contribution in [0.15, 0.2) is 59.9 Å². The van der Waals surface area contributed by atoms with Gasteiger partial charge in [0.25, 0.3) is 0 Å². The van der Waals surface area contributed by atoms with E-state index in [4.69, 9.17) is 29.4 Å². The Bertz CT molecular complexity index is 1130. The van der Waals surface area contributed by atoms with Crippen molar-refractivity contribution in [3.63, 3.8) is 0 Å². The molecule has 0 amide bonds. The Balaban J connectivity index is 1.41. The summed E-state index contributed by atoms with van der Waals surface area (Å²) in [5.41, 5.74) is 8.69. The van der Waals surface area contributed by atoms with Crippen molar-refractivity contribution < 1.29 is 28.8 Å². The fourth-order valence-corrected chi connectivity index (χ4v) is 5.04. The van der Waals surface area contributed by atoms with E-state index in [0.29, 0.717) is 43.7 Å². The summed E-state index contributed by atoms with van der Waals surface area (Å²) < 4.78 is 29.6. The van der Waals surface area contributed by atoms with Crippen molar-refractivity contribution in [3.05, 3.63) is 71.1 Å². The van der Waals surface area contributed by atoms with Crippen molar-refractivity contribution in [1.29, 1.82) is 0 Å². The van der Waals surface area contributed by atoms with Gasteiger partial charge in [0.15, 0.2) is 0 Å². The van der Waals surface area contributed by atoms with E-state index in [1.54, 1.807) is 14.2 Å². The highest BCUT2D eigenvalue weighted by atomic mass is 16.5. The van der Waals surface area contributed by atoms with Crippen molar-refractivity contribution in [2.75, 3.05) is 40.6 Å². The molecule has 186 valence electrons. The zero-order valence-electron chi connectivity index (χ0n) is 20.0. The van der Waals surface area contributed by atoms with Crippen molar-refractivity contribution in [2.45, 2.75) is 18.6 Å². The molecule has 8 nitrogen and oxygen atoms in total. The summed E-state index contributed by atoms with van der Waals surface area (Å²) in [5, 5.41) is 14.5. The van der Waals surface area contributed by atoms with Gasteiger partial charge >= 0.3 is 0 Å². The standard InChI is InChI=1S/C27H32N2O6/c1-31-17-3-5-23-19(12-17)26(30)21(14-34-23)22-15-35-24-6-4-18(32-2)13-20(24)27(22)33-10-8-16-7-9-29-25(28)11-16/h3-7,11-13,21-22,26-27,29-30H,8-10,14-15,28H2,1-2H3/t21-,22+,26-,27+/m1/s1. The molecule has 35 heavy (non-hydrogen) atoms. The maximum absolute atomic E-state index is 11.4. The van der Waals surface area contributed by atoms with E-state index in [9.17, 15) is 5.11 Å². The van der Waals surface area contributed by atoms with Crippen molar-refractivity contribution in [2.24, 2.45) is 17.6 Å². The number of fused-ring (bicyclic) bond motifs is 2. The summed E-state index contributed by atoms with van der Waals surface area (Å²) in [5.74, 6) is 3.15. The molecule has 2 aromatic rings. The average Bonchev–Trinajstić information content (AvgIpc) is 2.89. The van der Waals surface area contributed by atoms with Gasteiger partial charge in [0.05, 0.1) is 52.1 Å². The van der Waals surface area contributed by atoms with Gasteiger partial charge in [-0.15, -0.1) is 0 Å². The molecule has 0 fully saturated rings. The second-order valence-corrected chi connectivity index (χ2v) is 9.00. The Morgan fingerprint density at radius 2 is 1.63 bits per heavy atom. The van der Waals surface area contributed by atoms with Crippen LogP contribution in [0.3, 0.4) is 0 Å². The third-order valence-electron chi connectivity index (χ3n) is 6.97. The summed E-state index contributed by atoms with van der Waals surface area (Å²) in [6.07, 6.45) is 3.74. The van der Waals surface area contributed by atoms with Crippen LogP contribution in [0.5, 0.6) is 23.0 Å². The number of methoxy groups -OCH3 is 2. The molecule has 0 bridgehead atoms. The minimum atomic E-state index is -0.740. The molecule has 3 aliphatic rings. The van der Waals surface area contributed by atoms with Crippen molar-refractivity contribution in [1.82, 2.24) is 5.32 Å². The van der Waals surface area contributed by atoms with E-state index in [1.165, 1.54) is 0 Å². The fraction of sp³-hybridized carbons (Fsp3) is 0.407. The van der Waals surface area contributed by atoms with Crippen LogP contribution in [0.1, 0.15) is 29.8 Å². The number of hydrogen-bond acceptors (Lipinski definition) is 8. The molecule has 2 aromatic carbocycles. The normalized spacial score (nSPS) is 25.0. The van der Waals surface area contributed by atoms with Crippen LogP contribution < -0.4 is 30.0 Å². The highest BCUT2D eigenvalue weighted by Gasteiger charge is 2.43. The molecule has 0 saturated carbocycles. The van der Waals surface area contributed by atoms with Crippen LogP contribution in [0, 0.1) is 11.8 Å². The van der Waals surface area contributed by atoms with E-state index in [0.717, 1.165) is 34.6 Å². The number of benzene rings is 2. The highest BCUT2D eigenvalue weighted by molar-refractivity contribution is 5.45. The lowest BCUT2D eigenvalue weighted by Gasteiger charge is -2.41. The Kier molecular flexibility index (Phi) is 6.74. The molecule has 0 aromatic heterocycles. The quantitative estimate of drug-likeness (QED) is 0.555. The van der Waals surface area contributed by atoms with E-state index in [1.807, 2.05) is 42.5 Å². The topological polar surface area (TPSA) is 104 Å². The van der Waals surface area contributed by atoms with Gasteiger partial charge in [0.1, 0.15) is 23.0 Å². The molecule has 0 radical (unpaired) electrons. The Morgan fingerprint density at radius 3 is 2.31 bits per heavy atom. The van der Waals surface area contributed by atoms with E-state index < -0.39 is 6.10 Å². The van der Waals surface area contributed by atoms with Crippen molar-refractivity contribution in [3.8, 4) is 23.0 Å². The third kappa shape index (κ3) is 4.76. The molecule has 4 N–H and O–H groups in total. The van der Waals surface area contributed by atoms with Crippen LogP contribution in [0.2, 0.25) is 0 Å². The zero-order chi connectivity index (χ0) is 24.4. The molecule has 3 heterocycles. The molecule has 8 heteroatoms. The smallest absolute Gasteiger partial charge is 0.125 e. The number of ether oxygens (including phenoxy) is 5. The predicted octanol–water partition coefficient (Wildman–Crippen LogP) is 3.23. The predicted molar refractivity (Wildman–Crippen MR) is 131 cm³/mol. The van der Waals surface area contributed by atoms with Gasteiger partial charge in [-0.25, -0.2) is 0 Å². The lowest BCUT2D eigenvalue weighted by Crippen LogP contribution is -2.41. The van der Waals surface area contributed by atoms with Crippen LogP contribution in [0.25, 0.3) is 0 Å². The minimum absolute atomic E-state index is 0.133. The number of rotatable bonds is 7. The maximum atomic E-state index is 11.4. The van der Waals surface area contributed by atoms with Crippen LogP contribution in [0.4, 0.5) is 0 Å². The molecule has 0 spiro atoms. The molecular weight excluding hydrogens is 448 g/mol. The molecular formula is C27H32N2O6. The van der Waals surface area contributed by atoms with Crippen LogP contribution >= 0.6 is 0 Å². The first-order valence-corrected chi connectivity index (χ1v) is 11.9. The Hall–Kier alpha value is -3.36. The number of hydrogen-bond donors (Lipinski definition) is 3. The van der Waals surface area contributed by atoms with Crippen molar-refractivity contribution >= 4 is 0 Å². The second-order valence-electron chi connectivity index (χ2n) is 9.00. The Labute approximate surface area is 205 Å². The average molecular weight is 481 g/mol. The first kappa shape index (κ1) is 23.4. The second kappa shape index (κ2) is 10.1. The van der Waals surface area contributed by atoms with Gasteiger partial charge in [0.2, 0.25) is 0 Å². The largest absolute Gasteiger partial charge is 0.497 e. The number of nitrogens with two attached hydrogens (primary N) is 1. The SMILES string of the molecule is COc1ccc2c(c1)[C@@H](O)[C@@H]([C@@H]1COc3ccc(OC)cc3[C@@H]1OCCC1=CCNC(N)=C1)CO2. The fourth-order valence-electron chi connectivity index (χ4n) is 5.04. The zero-order valence-corrected chi connectivity index (χ0v) is 20.0. The minimum Gasteiger partial charge on any atom is -0.497 e. The summed E-state index contributed by atoms with van der Waals surface area (Å²) in [7, 11) is 3.25. The molecule has 0 unspecified atom stereocenters. The molecule has 5 rings (SSSR count). The molecule has 4 atom stereocenters. The summed E-state index contributed by atoms with van der Waals surface area (Å²) >= 11 is 0. The third-order valence-corrected chi connectivity index (χ3v) is 6.97. The first-order valence-electron chi connectivity index (χ1n) is 11.9.